The molecule has 7 aliphatic carbocycles. The summed E-state index contributed by atoms with van der Waals surface area (Å²) in [6, 6.07) is 18.8. The molecule has 0 saturated heterocycles. The number of ketones is 2. The number of carbonyl (C=O) groups is 8. The third-order valence-electron chi connectivity index (χ3n) is 28.3. The van der Waals surface area contributed by atoms with E-state index in [1.807, 2.05) is 50.2 Å². The Morgan fingerprint density at radius 3 is 0.962 bits per heavy atom. The van der Waals surface area contributed by atoms with Crippen LogP contribution in [-0.4, -0.2) is 116 Å². The van der Waals surface area contributed by atoms with Crippen LogP contribution in [0.15, 0.2) is 69.7 Å². The van der Waals surface area contributed by atoms with Crippen LogP contribution in [-0.2, 0) is 62.5 Å². The van der Waals surface area contributed by atoms with Gasteiger partial charge in [0.25, 0.3) is 0 Å². The SMILES string of the molecule is CC(C)CC1CCC(C(=O)O)CC1.CC(C)Cc1ccc(C(=O)O)cc1.CON(C)C(=O)C1CCC(CC(C)C)CC1.CON(C)C(=O)C1CCC(CC(C)C)CC1.Cc1cc(Cl)cc(CCC(=O)CC(CCC(=O)O)c2noc(C3CCC(CC(C)C)CC3)c2C2CC2)c1.Cc1cc(Cl)cc(CCC(=O)CC(CCC(=O)O)c2noc(C3CCC(CC(C)C)CC3)c2C2CC2)c1. The molecule has 0 radical (unpaired) electrons. The number of halogens is 2. The van der Waals surface area contributed by atoms with Crippen LogP contribution in [0.5, 0.6) is 0 Å². The van der Waals surface area contributed by atoms with Crippen LogP contribution >= 0.6 is 23.2 Å². The largest absolute Gasteiger partial charge is 0.481 e. The molecule has 20 nitrogen and oxygen atoms in total. The van der Waals surface area contributed by atoms with Crippen molar-refractivity contribution in [3.05, 3.63) is 138 Å². The van der Waals surface area contributed by atoms with Gasteiger partial charge in [-0.3, -0.25) is 43.2 Å². The lowest BCUT2D eigenvalue weighted by Crippen LogP contribution is -2.34. The monoisotopic (exact) mass is 1870 g/mol. The number of Topliss-reactive ketones (excluding diaryl/α,β-unsaturated/α-hetero) is 2. The molecule has 7 fully saturated rings. The number of aromatic nitrogens is 2. The number of aryl methyl sites for hydroxylation is 4. The first-order chi connectivity index (χ1) is 62.6. The molecule has 7 aliphatic rings. The Bertz CT molecular complexity index is 4050. The molecule has 0 aliphatic heterocycles. The van der Waals surface area contributed by atoms with Gasteiger partial charge in [0.1, 0.15) is 23.1 Å². The van der Waals surface area contributed by atoms with Gasteiger partial charge >= 0.3 is 23.9 Å². The molecule has 22 heteroatoms. The maximum Gasteiger partial charge on any atom is 0.335 e. The van der Waals surface area contributed by atoms with E-state index in [-0.39, 0.29) is 65.8 Å². The van der Waals surface area contributed by atoms with Gasteiger partial charge in [0.15, 0.2) is 0 Å². The minimum Gasteiger partial charge on any atom is -0.481 e. The first-order valence-corrected chi connectivity index (χ1v) is 51.6. The van der Waals surface area contributed by atoms with Crippen LogP contribution in [0.3, 0.4) is 0 Å². The first kappa shape index (κ1) is 112. The molecular formula is C110H168Cl2N4O16. The molecule has 132 heavy (non-hydrogen) atoms. The second-order valence-corrected chi connectivity index (χ2v) is 43.8. The number of hydroxylamine groups is 4. The predicted molar refractivity (Wildman–Crippen MR) is 527 cm³/mol. The Kier molecular flexibility index (Phi) is 48.3. The Labute approximate surface area is 802 Å². The lowest BCUT2D eigenvalue weighted by atomic mass is 9.76. The summed E-state index contributed by atoms with van der Waals surface area (Å²) in [6.45, 7) is 31.1. The summed E-state index contributed by atoms with van der Waals surface area (Å²) in [5, 5.41) is 49.5. The Morgan fingerprint density at radius 2 is 0.697 bits per heavy atom. The highest BCUT2D eigenvalue weighted by Gasteiger charge is 2.42. The van der Waals surface area contributed by atoms with Crippen LogP contribution in [0.4, 0.5) is 0 Å². The minimum atomic E-state index is -0.865. The highest BCUT2D eigenvalue weighted by Crippen LogP contribution is 2.53. The lowest BCUT2D eigenvalue weighted by Gasteiger charge is -2.30. The number of benzene rings is 3. The maximum atomic E-state index is 13.1. The Hall–Kier alpha value is -7.26. The molecule has 2 atom stereocenters. The molecule has 0 spiro atoms. The van der Waals surface area contributed by atoms with E-state index in [1.165, 1.54) is 110 Å². The van der Waals surface area contributed by atoms with Crippen molar-refractivity contribution in [1.82, 2.24) is 20.4 Å². The minimum absolute atomic E-state index is 0.0258. The number of rotatable bonds is 40. The van der Waals surface area contributed by atoms with E-state index in [4.69, 9.17) is 52.1 Å². The zero-order chi connectivity index (χ0) is 97.0. The average Bonchev–Trinajstić information content (AvgIpc) is 1.62. The van der Waals surface area contributed by atoms with E-state index in [0.29, 0.717) is 96.6 Å². The van der Waals surface area contributed by atoms with Crippen molar-refractivity contribution in [2.45, 2.75) is 389 Å². The molecule has 12 rings (SSSR count). The van der Waals surface area contributed by atoms with Crippen molar-refractivity contribution in [1.29, 1.82) is 0 Å². The number of carboxylic acids is 4. The van der Waals surface area contributed by atoms with Gasteiger partial charge in [-0.2, -0.15) is 0 Å². The van der Waals surface area contributed by atoms with E-state index in [0.717, 1.165) is 213 Å². The van der Waals surface area contributed by atoms with Crippen LogP contribution in [0.25, 0.3) is 0 Å². The Morgan fingerprint density at radius 1 is 0.394 bits per heavy atom. The Balaban J connectivity index is 0.000000231. The van der Waals surface area contributed by atoms with Gasteiger partial charge in [0.05, 0.1) is 37.1 Å². The fourth-order valence-electron chi connectivity index (χ4n) is 21.4. The van der Waals surface area contributed by atoms with E-state index in [9.17, 15) is 48.6 Å². The highest BCUT2D eigenvalue weighted by atomic mass is 35.5. The third-order valence-corrected chi connectivity index (χ3v) is 28.8. The molecule has 2 amide bonds. The fraction of sp³-hybridized carbons (Fsp3) is 0.709. The summed E-state index contributed by atoms with van der Waals surface area (Å²) in [6.07, 6.45) is 37.9. The van der Waals surface area contributed by atoms with Crippen molar-refractivity contribution in [3.8, 4) is 0 Å². The topological polar surface area (TPSA) is 294 Å². The van der Waals surface area contributed by atoms with E-state index in [2.05, 4.69) is 106 Å². The zero-order valence-electron chi connectivity index (χ0n) is 83.8. The van der Waals surface area contributed by atoms with Crippen LogP contribution < -0.4 is 0 Å². The number of aromatic carboxylic acids is 1. The quantitative estimate of drug-likeness (QED) is 0.0265. The summed E-state index contributed by atoms with van der Waals surface area (Å²) in [7, 11) is 6.48. The molecule has 738 valence electrons. The van der Waals surface area contributed by atoms with Crippen molar-refractivity contribution < 1.29 is 77.5 Å². The molecular weight excluding hydrogens is 1700 g/mol. The van der Waals surface area contributed by atoms with E-state index < -0.39 is 23.9 Å². The number of carbonyl (C=O) groups excluding carboxylic acids is 4. The van der Waals surface area contributed by atoms with Crippen LogP contribution in [0.1, 0.15) is 428 Å². The number of hydrogen-bond acceptors (Lipinski definition) is 14. The molecule has 3 aromatic carbocycles. The van der Waals surface area contributed by atoms with Gasteiger partial charge in [-0.1, -0.05) is 141 Å². The summed E-state index contributed by atoms with van der Waals surface area (Å²) < 4.78 is 12.1. The second kappa shape index (κ2) is 57.1. The standard InChI is InChI=1S/2C31H42ClNO4.2C13H25NO2.C11H20O2.C11H14O2/c2*1-19(2)14-21-4-7-24(8-5-21)31-29(23-9-10-23)30(33-37-31)25(11-13-28(35)36)18-27(34)12-6-22-15-20(3)16-26(32)17-22;2*1-10(2)9-11-5-7-12(8-6-11)13(15)14(3)16-4;2*1-8(2)7-9-3-5-10(6-4-9)11(12)13/h2*15-17,19,21,23-25H,4-14,18H2,1-3H3,(H,35,36);2*10-12H,5-9H2,1-4H3;8-10H,3-7H2,1-2H3,(H,12,13);3-6,8H,7H2,1-2H3,(H,12,13). The van der Waals surface area contributed by atoms with Gasteiger partial charge in [-0.25, -0.2) is 14.9 Å². The van der Waals surface area contributed by atoms with Gasteiger partial charge < -0.3 is 29.5 Å². The van der Waals surface area contributed by atoms with Gasteiger partial charge in [0, 0.05) is 109 Å². The summed E-state index contributed by atoms with van der Waals surface area (Å²) >= 11 is 12.4. The normalized spacial score (nSPS) is 21.8. The highest BCUT2D eigenvalue weighted by molar-refractivity contribution is 6.31. The maximum absolute atomic E-state index is 13.1. The van der Waals surface area contributed by atoms with Crippen LogP contribution in [0.2, 0.25) is 10.0 Å². The average molecular weight is 1870 g/mol. The molecule has 5 aromatic rings. The number of carboxylic acid groups (broad SMARTS) is 4. The lowest BCUT2D eigenvalue weighted by molar-refractivity contribution is -0.175. The van der Waals surface area contributed by atoms with Gasteiger partial charge in [-0.05, 0) is 373 Å². The number of nitrogens with zero attached hydrogens (tertiary/aromatic N) is 4. The van der Waals surface area contributed by atoms with Crippen molar-refractivity contribution >= 4 is 70.5 Å². The van der Waals surface area contributed by atoms with Gasteiger partial charge in [-0.15, -0.1) is 0 Å². The second-order valence-electron chi connectivity index (χ2n) is 43.0. The van der Waals surface area contributed by atoms with E-state index >= 15 is 0 Å². The molecule has 4 N–H and O–H groups in total. The molecule has 0 bridgehead atoms. The smallest absolute Gasteiger partial charge is 0.335 e. The molecule has 2 aromatic heterocycles. The van der Waals surface area contributed by atoms with E-state index in [1.54, 1.807) is 40.4 Å². The summed E-state index contributed by atoms with van der Waals surface area (Å²) in [4.78, 5) is 104. The molecule has 2 heterocycles. The summed E-state index contributed by atoms with van der Waals surface area (Å²) in [5.74, 6) is 9.47. The summed E-state index contributed by atoms with van der Waals surface area (Å²) in [5.41, 5.74) is 9.94. The molecule has 7 saturated carbocycles. The van der Waals surface area contributed by atoms with Crippen molar-refractivity contribution in [2.24, 2.45) is 82.9 Å². The number of amides is 2. The third kappa shape index (κ3) is 40.2. The van der Waals surface area contributed by atoms with Crippen LogP contribution in [0, 0.1) is 96.7 Å². The molecule has 2 unspecified atom stereocenters. The number of hydrogen-bond donors (Lipinski definition) is 4. The zero-order valence-corrected chi connectivity index (χ0v) is 85.3. The fourth-order valence-corrected chi connectivity index (χ4v) is 22.1. The van der Waals surface area contributed by atoms with Crippen molar-refractivity contribution in [2.75, 3.05) is 28.3 Å². The first-order valence-electron chi connectivity index (χ1n) is 50.8. The van der Waals surface area contributed by atoms with Gasteiger partial charge in [0.2, 0.25) is 11.8 Å². The van der Waals surface area contributed by atoms with Crippen molar-refractivity contribution in [3.63, 3.8) is 0 Å². The number of aliphatic carboxylic acids is 3. The predicted octanol–water partition coefficient (Wildman–Crippen LogP) is 28.0.